The van der Waals surface area contributed by atoms with Gasteiger partial charge in [-0.25, -0.2) is 0 Å². The second-order valence-corrected chi connectivity index (χ2v) is 5.87. The molecule has 1 saturated heterocycles. The summed E-state index contributed by atoms with van der Waals surface area (Å²) in [5, 5.41) is 9.87. The Bertz CT molecular complexity index is 312. The van der Waals surface area contributed by atoms with Crippen molar-refractivity contribution in [2.75, 3.05) is 0 Å². The lowest BCUT2D eigenvalue weighted by molar-refractivity contribution is -0.111. The zero-order valence-electron chi connectivity index (χ0n) is 9.57. The number of rotatable bonds is 0. The molecule has 3 rings (SSSR count). The van der Waals surface area contributed by atoms with Crippen molar-refractivity contribution < 1.29 is 9.84 Å². The Balaban J connectivity index is 2.02. The van der Waals surface area contributed by atoms with Crippen LogP contribution in [0.1, 0.15) is 33.1 Å². The molecule has 1 N–H and O–H groups in total. The molecule has 0 radical (unpaired) electrons. The van der Waals surface area contributed by atoms with Gasteiger partial charge >= 0.3 is 0 Å². The molecule has 2 nitrogen and oxygen atoms in total. The van der Waals surface area contributed by atoms with Crippen molar-refractivity contribution in [3.05, 3.63) is 12.2 Å². The second kappa shape index (κ2) is 2.86. The topological polar surface area (TPSA) is 29.5 Å². The smallest absolute Gasteiger partial charge is 0.158 e. The van der Waals surface area contributed by atoms with Gasteiger partial charge in [0, 0.05) is 11.8 Å². The molecule has 0 aromatic rings. The van der Waals surface area contributed by atoms with E-state index in [4.69, 9.17) is 4.74 Å². The number of aliphatic hydroxyl groups is 1. The molecular formula is C13H20O2. The summed E-state index contributed by atoms with van der Waals surface area (Å²) >= 11 is 0. The summed E-state index contributed by atoms with van der Waals surface area (Å²) in [4.78, 5) is 0. The fourth-order valence-electron chi connectivity index (χ4n) is 4.00. The van der Waals surface area contributed by atoms with E-state index in [1.165, 1.54) is 12.0 Å². The Morgan fingerprint density at radius 2 is 2.27 bits per heavy atom. The zero-order chi connectivity index (χ0) is 10.8. The highest BCUT2D eigenvalue weighted by atomic mass is 16.6. The molecule has 15 heavy (non-hydrogen) atoms. The fourth-order valence-corrected chi connectivity index (χ4v) is 4.00. The molecule has 6 atom stereocenters. The van der Waals surface area contributed by atoms with E-state index in [-0.39, 0.29) is 6.10 Å². The summed E-state index contributed by atoms with van der Waals surface area (Å²) in [5.41, 5.74) is 1.64. The lowest BCUT2D eigenvalue weighted by Gasteiger charge is -2.51. The minimum absolute atomic E-state index is 0.237. The summed E-state index contributed by atoms with van der Waals surface area (Å²) in [6, 6.07) is 0. The van der Waals surface area contributed by atoms with Gasteiger partial charge in [-0.2, -0.15) is 0 Å². The largest absolute Gasteiger partial charge is 0.368 e. The SMILES string of the molecule is C=C1C2C3CC(C)C1(C)CCC2C(O)O3. The quantitative estimate of drug-likeness (QED) is 0.619. The van der Waals surface area contributed by atoms with Gasteiger partial charge in [-0.15, -0.1) is 0 Å². The van der Waals surface area contributed by atoms with E-state index in [0.717, 1.165) is 12.8 Å². The van der Waals surface area contributed by atoms with Crippen molar-refractivity contribution in [2.45, 2.75) is 45.5 Å². The predicted molar refractivity (Wildman–Crippen MR) is 58.1 cm³/mol. The van der Waals surface area contributed by atoms with Gasteiger partial charge in [-0.3, -0.25) is 0 Å². The van der Waals surface area contributed by atoms with Crippen LogP contribution in [0.3, 0.4) is 0 Å². The number of hydrogen-bond donors (Lipinski definition) is 1. The van der Waals surface area contributed by atoms with Crippen LogP contribution in [0.4, 0.5) is 0 Å². The van der Waals surface area contributed by atoms with E-state index in [1.807, 2.05) is 0 Å². The fraction of sp³-hybridized carbons (Fsp3) is 0.846. The summed E-state index contributed by atoms with van der Waals surface area (Å²) in [6.45, 7) is 8.95. The van der Waals surface area contributed by atoms with Gasteiger partial charge in [0.2, 0.25) is 0 Å². The first-order valence-corrected chi connectivity index (χ1v) is 6.07. The van der Waals surface area contributed by atoms with E-state index < -0.39 is 6.29 Å². The second-order valence-electron chi connectivity index (χ2n) is 5.87. The van der Waals surface area contributed by atoms with E-state index in [1.54, 1.807) is 0 Å². The number of fused-ring (bicyclic) bond motifs is 1. The van der Waals surface area contributed by atoms with Gasteiger partial charge < -0.3 is 9.84 Å². The minimum atomic E-state index is -0.536. The van der Waals surface area contributed by atoms with Crippen molar-refractivity contribution in [1.29, 1.82) is 0 Å². The average molecular weight is 208 g/mol. The van der Waals surface area contributed by atoms with Gasteiger partial charge in [0.15, 0.2) is 6.29 Å². The molecule has 0 aromatic heterocycles. The first-order valence-electron chi connectivity index (χ1n) is 6.07. The minimum Gasteiger partial charge on any atom is -0.368 e. The van der Waals surface area contributed by atoms with E-state index in [9.17, 15) is 5.11 Å². The van der Waals surface area contributed by atoms with E-state index in [0.29, 0.717) is 23.2 Å². The van der Waals surface area contributed by atoms with Gasteiger partial charge in [0.1, 0.15) is 0 Å². The summed E-state index contributed by atoms with van der Waals surface area (Å²) in [5.74, 6) is 1.38. The monoisotopic (exact) mass is 208 g/mol. The molecule has 3 aliphatic rings. The number of aliphatic hydroxyl groups excluding tert-OH is 1. The maximum Gasteiger partial charge on any atom is 0.158 e. The summed E-state index contributed by atoms with van der Waals surface area (Å²) in [6.07, 6.45) is 3.06. The highest BCUT2D eigenvalue weighted by Gasteiger charge is 2.57. The first kappa shape index (κ1) is 9.86. The van der Waals surface area contributed by atoms with Crippen LogP contribution in [-0.4, -0.2) is 17.5 Å². The molecule has 6 unspecified atom stereocenters. The van der Waals surface area contributed by atoms with Crippen LogP contribution in [0.5, 0.6) is 0 Å². The third kappa shape index (κ3) is 1.07. The van der Waals surface area contributed by atoms with Gasteiger partial charge in [-0.05, 0) is 30.6 Å². The molecule has 3 fully saturated rings. The van der Waals surface area contributed by atoms with Crippen LogP contribution in [-0.2, 0) is 4.74 Å². The van der Waals surface area contributed by atoms with Gasteiger partial charge in [0.05, 0.1) is 6.10 Å². The third-order valence-electron chi connectivity index (χ3n) is 5.35. The van der Waals surface area contributed by atoms with E-state index in [2.05, 4.69) is 20.4 Å². The van der Waals surface area contributed by atoms with Crippen molar-refractivity contribution in [3.8, 4) is 0 Å². The van der Waals surface area contributed by atoms with Crippen molar-refractivity contribution >= 4 is 0 Å². The third-order valence-corrected chi connectivity index (χ3v) is 5.35. The molecule has 2 heteroatoms. The number of ether oxygens (including phenoxy) is 1. The van der Waals surface area contributed by atoms with Crippen LogP contribution in [0, 0.1) is 23.2 Å². The van der Waals surface area contributed by atoms with Gasteiger partial charge in [-0.1, -0.05) is 26.0 Å². The molecular weight excluding hydrogens is 188 g/mol. The summed E-state index contributed by atoms with van der Waals surface area (Å²) < 4.78 is 5.68. The zero-order valence-corrected chi connectivity index (χ0v) is 9.57. The predicted octanol–water partition coefficient (Wildman–Crippen LogP) is 2.33. The summed E-state index contributed by atoms with van der Waals surface area (Å²) in [7, 11) is 0. The highest BCUT2D eigenvalue weighted by molar-refractivity contribution is 5.25. The number of hydrogen-bond acceptors (Lipinski definition) is 2. The molecule has 1 heterocycles. The van der Waals surface area contributed by atoms with E-state index >= 15 is 0 Å². The maximum absolute atomic E-state index is 9.87. The molecule has 2 aliphatic carbocycles. The van der Waals surface area contributed by atoms with Crippen LogP contribution < -0.4 is 0 Å². The Morgan fingerprint density at radius 1 is 1.53 bits per heavy atom. The highest BCUT2D eigenvalue weighted by Crippen LogP contribution is 2.60. The lowest BCUT2D eigenvalue weighted by atomic mass is 9.53. The Hall–Kier alpha value is -0.340. The lowest BCUT2D eigenvalue weighted by Crippen LogP contribution is -2.46. The normalized spacial score (nSPS) is 58.3. The Morgan fingerprint density at radius 3 is 3.00 bits per heavy atom. The van der Waals surface area contributed by atoms with Crippen LogP contribution in [0.15, 0.2) is 12.2 Å². The van der Waals surface area contributed by atoms with Crippen molar-refractivity contribution in [1.82, 2.24) is 0 Å². The molecule has 2 saturated carbocycles. The molecule has 0 spiro atoms. The molecule has 2 bridgehead atoms. The van der Waals surface area contributed by atoms with Gasteiger partial charge in [0.25, 0.3) is 0 Å². The van der Waals surface area contributed by atoms with Crippen molar-refractivity contribution in [3.63, 3.8) is 0 Å². The molecule has 1 aliphatic heterocycles. The maximum atomic E-state index is 9.87. The molecule has 84 valence electrons. The molecule has 0 aromatic carbocycles. The standard InChI is InChI=1S/C13H20O2/c1-7-6-10-11-8(2)13(7,3)5-4-9(11)12(14)15-10/h7,9-12,14H,2,4-6H2,1,3H3. The van der Waals surface area contributed by atoms with Crippen LogP contribution in [0.2, 0.25) is 0 Å². The average Bonchev–Trinajstić information content (AvgIpc) is 2.49. The van der Waals surface area contributed by atoms with Crippen LogP contribution in [0.25, 0.3) is 0 Å². The Labute approximate surface area is 91.3 Å². The van der Waals surface area contributed by atoms with Crippen molar-refractivity contribution in [2.24, 2.45) is 23.2 Å². The van der Waals surface area contributed by atoms with Crippen LogP contribution >= 0.6 is 0 Å². The first-order chi connectivity index (χ1) is 7.04. The molecule has 0 amide bonds. The Kier molecular flexibility index (Phi) is 1.88.